The maximum absolute atomic E-state index is 12.2. The van der Waals surface area contributed by atoms with E-state index in [4.69, 9.17) is 0 Å². The smallest absolute Gasteiger partial charge is 0.243 e. The second-order valence-corrected chi connectivity index (χ2v) is 56.6. The number of hydrogen-bond acceptors (Lipinski definition) is 10. The largest absolute Gasteiger partial charge is 0.301 e. The molecule has 6 heterocycles. The highest BCUT2D eigenvalue weighted by molar-refractivity contribution is 7.93. The van der Waals surface area contributed by atoms with E-state index in [1.807, 2.05) is 40.0 Å². The summed E-state index contributed by atoms with van der Waals surface area (Å²) in [6, 6.07) is 33.3. The molecule has 2 bridgehead atoms. The van der Waals surface area contributed by atoms with Gasteiger partial charge in [0.2, 0.25) is 20.0 Å². The van der Waals surface area contributed by atoms with Gasteiger partial charge in [0.1, 0.15) is 0 Å². The van der Waals surface area contributed by atoms with Gasteiger partial charge in [-0.3, -0.25) is 14.8 Å². The summed E-state index contributed by atoms with van der Waals surface area (Å²) in [4.78, 5) is 13.3. The van der Waals surface area contributed by atoms with E-state index in [0.29, 0.717) is 88.5 Å². The number of sulfonamides is 2. The van der Waals surface area contributed by atoms with Crippen LogP contribution in [0.25, 0.3) is 10.8 Å². The predicted molar refractivity (Wildman–Crippen MR) is 654 cm³/mol. The first-order chi connectivity index (χ1) is 70.0. The molecule has 13 aliphatic rings. The van der Waals surface area contributed by atoms with Crippen LogP contribution in [-0.4, -0.2) is 138 Å². The minimum Gasteiger partial charge on any atom is -0.301 e. The summed E-state index contributed by atoms with van der Waals surface area (Å²) in [5.41, 5.74) is 29.3. The first kappa shape index (κ1) is 130. The van der Waals surface area contributed by atoms with Gasteiger partial charge in [0.15, 0.2) is 0 Å². The van der Waals surface area contributed by atoms with Gasteiger partial charge in [-0.15, -0.1) is 0 Å². The first-order valence-electron chi connectivity index (χ1n) is 59.8. The van der Waals surface area contributed by atoms with E-state index in [-0.39, 0.29) is 12.1 Å². The number of hydrogen-bond donors (Lipinski definition) is 0. The molecule has 0 spiro atoms. The third-order valence-corrected chi connectivity index (χ3v) is 39.1. The Hall–Kier alpha value is -6.75. The molecule has 840 valence electrons. The van der Waals surface area contributed by atoms with E-state index in [9.17, 15) is 16.8 Å². The topological polar surface area (TPSA) is 123 Å². The minimum absolute atomic E-state index is 0.0477. The highest BCUT2D eigenvalue weighted by Crippen LogP contribution is 2.62. The van der Waals surface area contributed by atoms with Crippen LogP contribution in [0.15, 0.2) is 204 Å². The minimum atomic E-state index is -3.19. The van der Waals surface area contributed by atoms with Crippen LogP contribution in [0, 0.1) is 70.0 Å². The van der Waals surface area contributed by atoms with Crippen molar-refractivity contribution in [2.24, 2.45) is 70.0 Å². The molecule has 2 saturated heterocycles. The summed E-state index contributed by atoms with van der Waals surface area (Å²) in [5, 5.41) is 11.0. The third kappa shape index (κ3) is 36.9. The molecule has 3 saturated carbocycles. The second-order valence-electron chi connectivity index (χ2n) is 52.8. The maximum atomic E-state index is 12.2. The average Bonchev–Trinajstić information content (AvgIpc) is 1.62. The van der Waals surface area contributed by atoms with Crippen molar-refractivity contribution in [2.75, 3.05) is 52.4 Å². The number of fused-ring (bicyclic) bond motifs is 4. The van der Waals surface area contributed by atoms with Gasteiger partial charge in [0.25, 0.3) is 0 Å². The number of allylic oxidation sites excluding steroid dienone is 16. The van der Waals surface area contributed by atoms with Crippen molar-refractivity contribution in [3.8, 4) is 0 Å². The van der Waals surface area contributed by atoms with Crippen molar-refractivity contribution in [2.45, 2.75) is 472 Å². The second kappa shape index (κ2) is 59.0. The van der Waals surface area contributed by atoms with Gasteiger partial charge in [-0.1, -0.05) is 372 Å². The average molecular weight is 2100 g/mol. The Balaban J connectivity index is 0.000000224. The Kier molecular flexibility index (Phi) is 51.2. The number of pyridine rings is 1. The van der Waals surface area contributed by atoms with Gasteiger partial charge in [0, 0.05) is 87.8 Å². The van der Waals surface area contributed by atoms with Crippen molar-refractivity contribution in [3.05, 3.63) is 249 Å². The van der Waals surface area contributed by atoms with Gasteiger partial charge in [-0.2, -0.15) is 18.8 Å². The molecule has 12 nitrogen and oxygen atoms in total. The Morgan fingerprint density at radius 3 is 0.873 bits per heavy atom. The van der Waals surface area contributed by atoms with Crippen molar-refractivity contribution < 1.29 is 16.8 Å². The number of piperidine rings is 1. The van der Waals surface area contributed by atoms with E-state index in [2.05, 4.69) is 422 Å². The van der Waals surface area contributed by atoms with Crippen molar-refractivity contribution in [3.63, 3.8) is 0 Å². The van der Waals surface area contributed by atoms with Crippen molar-refractivity contribution in [1.29, 1.82) is 0 Å². The number of likely N-dealkylation sites (tertiary alicyclic amines) is 1. The molecular weight excluding hydrogens is 1870 g/mol. The number of nitrogens with zero attached hydrogens (tertiary/aromatic N) is 8. The fourth-order valence-electron chi connectivity index (χ4n) is 22.2. The Labute approximate surface area is 923 Å². The van der Waals surface area contributed by atoms with Gasteiger partial charge in [-0.25, -0.2) is 16.8 Å². The summed E-state index contributed by atoms with van der Waals surface area (Å²) in [6.07, 6.45) is 33.9. The zero-order valence-electron chi connectivity index (χ0n) is 104. The molecule has 2 aromatic heterocycles. The van der Waals surface area contributed by atoms with Crippen LogP contribution >= 0.6 is 0 Å². The summed E-state index contributed by atoms with van der Waals surface area (Å²) in [6.45, 7) is 107. The Morgan fingerprint density at radius 2 is 0.587 bits per heavy atom. The van der Waals surface area contributed by atoms with Crippen LogP contribution in [0.4, 0.5) is 0 Å². The van der Waals surface area contributed by atoms with Crippen LogP contribution in [0.2, 0.25) is 0 Å². The van der Waals surface area contributed by atoms with E-state index in [0.717, 1.165) is 105 Å². The highest BCUT2D eigenvalue weighted by atomic mass is 32.2. The quantitative estimate of drug-likeness (QED) is 0.0662. The predicted octanol–water partition coefficient (Wildman–Crippen LogP) is 37.0. The molecule has 5 fully saturated rings. The van der Waals surface area contributed by atoms with E-state index >= 15 is 0 Å². The molecule has 0 amide bonds. The van der Waals surface area contributed by atoms with Gasteiger partial charge in [-0.05, 0) is 374 Å². The fourth-order valence-corrected chi connectivity index (χ4v) is 26.1. The Morgan fingerprint density at radius 1 is 0.280 bits per heavy atom. The number of rotatable bonds is 22. The molecular formula is C136H220N8O4S2. The van der Waals surface area contributed by atoms with Crippen LogP contribution in [0.1, 0.15) is 487 Å². The fraction of sp³-hybridized carbons (Fsp3) is 0.669. The molecule has 0 N–H and O–H groups in total. The lowest BCUT2D eigenvalue weighted by Crippen LogP contribution is -2.50. The third-order valence-electron chi connectivity index (χ3n) is 34.8. The summed E-state index contributed by atoms with van der Waals surface area (Å²) in [7, 11) is -6.36. The lowest BCUT2D eigenvalue weighted by atomic mass is 9.48. The summed E-state index contributed by atoms with van der Waals surface area (Å²) >= 11 is 0. The van der Waals surface area contributed by atoms with Gasteiger partial charge >= 0.3 is 0 Å². The molecule has 5 aromatic rings. The molecule has 9 aliphatic carbocycles. The normalized spacial score (nSPS) is 20.6. The number of aromatic nitrogens is 3. The van der Waals surface area contributed by atoms with Crippen molar-refractivity contribution >= 4 is 30.8 Å². The molecule has 0 unspecified atom stereocenters. The molecule has 18 rings (SSSR count). The van der Waals surface area contributed by atoms with Gasteiger partial charge < -0.3 is 4.90 Å². The monoisotopic (exact) mass is 2090 g/mol. The van der Waals surface area contributed by atoms with E-state index in [1.165, 1.54) is 177 Å². The molecule has 3 aromatic carbocycles. The molecule has 0 atom stereocenters. The van der Waals surface area contributed by atoms with Crippen LogP contribution in [-0.2, 0) is 20.0 Å². The molecule has 14 heteroatoms. The lowest BCUT2D eigenvalue weighted by Gasteiger charge is -2.57. The standard InChI is InChI=1S/C16H20.2C14H20.C14H26.2C12H19NO2S.C12H18.C11H23N.C11H17N.C10H22N2.C10H16N2/c1-11(2)13-5-7-16-10-14(12(3)4)6-8-15(16)9-13;2*1-9(2)11-5-13-7-12(10(3)4)8-14(13)6-11;1-11(2)13-5-8-14(9-6-13,10-7-13)12(3)4;2*1-8(2)10-5-11-7-13(9(3)4)16(14,15)12(11)6-10;2*1-9(2)11-5-7-12(8-6-11)10(3)4;1-8(2)10-5-6-11(9(3)4)12-7-10;1-9(2)11-5-7-12(8-6-11)10(3)4;1-7(2)9-5-6-10(8(3)4)12-11-9/h5-12H,1-4H3;5,8-10H,6-7H2,1-4H3;5,7,9-10H,6,8H2,1-4H3;11-12H,5-10H2,1-4H3;6,8-9H,5,7H2,1-4H3;5,8-9H,6-7H2,1-4H3;5-10H,1-4H3;9-11H,5-8H2,1-4H3;5-9H,1-4H3;9-10H,5-8H2,1-4H3;5-8H,1-4H3. The number of piperazine rings is 1. The maximum Gasteiger partial charge on any atom is 0.243 e. The zero-order chi connectivity index (χ0) is 113. The van der Waals surface area contributed by atoms with Gasteiger partial charge in [0.05, 0.1) is 21.2 Å². The first-order valence-corrected chi connectivity index (χ1v) is 62.6. The van der Waals surface area contributed by atoms with Crippen LogP contribution in [0.3, 0.4) is 0 Å². The van der Waals surface area contributed by atoms with Crippen molar-refractivity contribution in [1.82, 2.24) is 38.5 Å². The van der Waals surface area contributed by atoms with Crippen LogP contribution < -0.4 is 0 Å². The summed E-state index contributed by atoms with van der Waals surface area (Å²) < 4.78 is 52.0. The number of benzene rings is 3. The van der Waals surface area contributed by atoms with E-state index in [1.54, 1.807) is 47.6 Å². The SMILES string of the molecule is CC(C)C12CCC(C(C)C)(CC1)CC2.CC(C)C1=CC2=C(C1)CC(C(C)C)=C2.CC(C)C1=CC2=C(C1)CN(C(C)C)S2(=O)=O.CC(C)C1=CC2=C(C1)S(=O)(=O)N(C(C)C)C2.CC(C)C1=CC2=C(C=C(C(C)C)C2)C1.CC(C)C1CCN(C(C)C)CC1.CC(C)N1CCN(C(C)C)CC1.CC(C)c1ccc(C(C)C)cc1.CC(C)c1ccc(C(C)C)nc1.CC(C)c1ccc(C(C)C)nn1.CC(C)c1ccc2cc(C(C)C)ccc2c1. The molecule has 4 aliphatic heterocycles. The lowest BCUT2D eigenvalue weighted by molar-refractivity contribution is -0.0623. The summed E-state index contributed by atoms with van der Waals surface area (Å²) in [5.74, 6) is 12.0. The molecule has 150 heavy (non-hydrogen) atoms. The van der Waals surface area contributed by atoms with E-state index < -0.39 is 20.0 Å². The zero-order valence-corrected chi connectivity index (χ0v) is 106. The van der Waals surface area contributed by atoms with Crippen LogP contribution in [0.5, 0.6) is 0 Å². The Bertz CT molecular complexity index is 5180. The highest BCUT2D eigenvalue weighted by Gasteiger charge is 2.51. The molecule has 0 radical (unpaired) electrons.